The summed E-state index contributed by atoms with van der Waals surface area (Å²) < 4.78 is 5.80. The number of rotatable bonds is 6. The largest absolute Gasteiger partial charge is 0.376 e. The highest BCUT2D eigenvalue weighted by molar-refractivity contribution is 4.97. The molecule has 0 aliphatic carbocycles. The second kappa shape index (κ2) is 7.67. The monoisotopic (exact) mass is 226 g/mol. The molecule has 0 aromatic rings. The molecule has 3 nitrogen and oxygen atoms in total. The van der Waals surface area contributed by atoms with E-state index in [1.165, 1.54) is 0 Å². The van der Waals surface area contributed by atoms with Crippen LogP contribution < -0.4 is 11.3 Å². The molecule has 0 radical (unpaired) electrons. The topological polar surface area (TPSA) is 47.3 Å². The fourth-order valence-corrected chi connectivity index (χ4v) is 1.82. The van der Waals surface area contributed by atoms with E-state index in [0.717, 1.165) is 12.8 Å². The van der Waals surface area contributed by atoms with E-state index in [1.54, 1.807) is 0 Å². The molecule has 3 N–H and O–H groups in total. The van der Waals surface area contributed by atoms with Gasteiger partial charge in [0.25, 0.3) is 0 Å². The number of nitrogens with two attached hydrogens (primary N) is 1. The lowest BCUT2D eigenvalue weighted by Crippen LogP contribution is -2.50. The van der Waals surface area contributed by atoms with Crippen LogP contribution in [0.15, 0.2) is 0 Å². The van der Waals surface area contributed by atoms with Crippen LogP contribution in [-0.4, -0.2) is 18.8 Å². The highest BCUT2D eigenvalue weighted by atomic mass is 16.5. The van der Waals surface area contributed by atoms with Crippen molar-refractivity contribution in [3.8, 4) is 11.8 Å². The van der Waals surface area contributed by atoms with Crippen LogP contribution in [0.1, 0.15) is 47.5 Å². The van der Waals surface area contributed by atoms with Crippen LogP contribution >= 0.6 is 0 Å². The van der Waals surface area contributed by atoms with Crippen LogP contribution in [0.2, 0.25) is 0 Å². The van der Waals surface area contributed by atoms with Gasteiger partial charge in [-0.1, -0.05) is 20.8 Å². The normalized spacial score (nSPS) is 15.1. The Hall–Kier alpha value is -0.560. The van der Waals surface area contributed by atoms with Gasteiger partial charge in [0.05, 0.1) is 6.10 Å². The standard InChI is InChI=1S/C13H26N2O/c1-6-8-9-10-11(15-14)12(16-7-2)13(3,4)5/h11-12,15H,7,9-10,14H2,1-5H3. The summed E-state index contributed by atoms with van der Waals surface area (Å²) in [4.78, 5) is 0. The molecule has 0 aliphatic rings. The molecule has 0 saturated heterocycles. The van der Waals surface area contributed by atoms with E-state index in [1.807, 2.05) is 13.8 Å². The first-order valence-corrected chi connectivity index (χ1v) is 5.94. The van der Waals surface area contributed by atoms with Gasteiger partial charge in [-0.05, 0) is 25.7 Å². The molecule has 0 spiro atoms. The van der Waals surface area contributed by atoms with E-state index in [9.17, 15) is 0 Å². The number of hydrogen-bond acceptors (Lipinski definition) is 3. The molecule has 0 amide bonds. The Morgan fingerprint density at radius 2 is 2.00 bits per heavy atom. The molecule has 0 fully saturated rings. The van der Waals surface area contributed by atoms with Crippen LogP contribution in [0.4, 0.5) is 0 Å². The van der Waals surface area contributed by atoms with Gasteiger partial charge in [0.15, 0.2) is 0 Å². The molecule has 2 atom stereocenters. The zero-order valence-electron chi connectivity index (χ0n) is 11.3. The van der Waals surface area contributed by atoms with Gasteiger partial charge in [-0.2, -0.15) is 0 Å². The van der Waals surface area contributed by atoms with Crippen LogP contribution in [0, 0.1) is 17.3 Å². The molecule has 0 aromatic heterocycles. The predicted molar refractivity (Wildman–Crippen MR) is 68.7 cm³/mol. The first-order chi connectivity index (χ1) is 7.47. The predicted octanol–water partition coefficient (Wildman–Crippen LogP) is 2.07. The SMILES string of the molecule is CC#CCCC(NN)C(OCC)C(C)(C)C. The van der Waals surface area contributed by atoms with Crippen molar-refractivity contribution >= 4 is 0 Å². The fraction of sp³-hybridized carbons (Fsp3) is 0.846. The third-order valence-corrected chi connectivity index (χ3v) is 2.54. The molecule has 0 rings (SSSR count). The van der Waals surface area contributed by atoms with Gasteiger partial charge in [-0.15, -0.1) is 11.8 Å². The minimum absolute atomic E-state index is 0.0761. The molecular formula is C13H26N2O. The summed E-state index contributed by atoms with van der Waals surface area (Å²) in [5.41, 5.74) is 2.94. The molecule has 2 unspecified atom stereocenters. The van der Waals surface area contributed by atoms with E-state index in [-0.39, 0.29) is 17.6 Å². The Morgan fingerprint density at radius 3 is 2.38 bits per heavy atom. The van der Waals surface area contributed by atoms with E-state index in [4.69, 9.17) is 10.6 Å². The molecule has 3 heteroatoms. The highest BCUT2D eigenvalue weighted by Crippen LogP contribution is 2.26. The number of hydrogen-bond donors (Lipinski definition) is 2. The first kappa shape index (κ1) is 15.4. The first-order valence-electron chi connectivity index (χ1n) is 5.94. The Labute approximate surface area is 100 Å². The van der Waals surface area contributed by atoms with Crippen molar-refractivity contribution in [3.63, 3.8) is 0 Å². The fourth-order valence-electron chi connectivity index (χ4n) is 1.82. The van der Waals surface area contributed by atoms with Crippen molar-refractivity contribution in [2.45, 2.75) is 59.6 Å². The molecule has 16 heavy (non-hydrogen) atoms. The van der Waals surface area contributed by atoms with Gasteiger partial charge in [0, 0.05) is 19.1 Å². The Balaban J connectivity index is 4.49. The molecule has 0 aromatic carbocycles. The lowest BCUT2D eigenvalue weighted by atomic mass is 9.83. The lowest BCUT2D eigenvalue weighted by molar-refractivity contribution is -0.0371. The summed E-state index contributed by atoms with van der Waals surface area (Å²) in [6.07, 6.45) is 1.88. The summed E-state index contributed by atoms with van der Waals surface area (Å²) in [6, 6.07) is 0.154. The van der Waals surface area contributed by atoms with Crippen LogP contribution in [0.5, 0.6) is 0 Å². The maximum Gasteiger partial charge on any atom is 0.0789 e. The third-order valence-electron chi connectivity index (χ3n) is 2.54. The van der Waals surface area contributed by atoms with Gasteiger partial charge in [-0.3, -0.25) is 11.3 Å². The van der Waals surface area contributed by atoms with Crippen molar-refractivity contribution in [2.75, 3.05) is 6.61 Å². The van der Waals surface area contributed by atoms with Crippen molar-refractivity contribution in [3.05, 3.63) is 0 Å². The van der Waals surface area contributed by atoms with Crippen molar-refractivity contribution < 1.29 is 4.74 Å². The Morgan fingerprint density at radius 1 is 1.38 bits per heavy atom. The Kier molecular flexibility index (Phi) is 7.40. The van der Waals surface area contributed by atoms with Crippen LogP contribution in [0.25, 0.3) is 0 Å². The summed E-state index contributed by atoms with van der Waals surface area (Å²) in [6.45, 7) is 11.1. The molecule has 0 bridgehead atoms. The smallest absolute Gasteiger partial charge is 0.0789 e. The average Bonchev–Trinajstić information content (AvgIpc) is 2.20. The highest BCUT2D eigenvalue weighted by Gasteiger charge is 2.31. The Bertz CT molecular complexity index is 235. The zero-order valence-corrected chi connectivity index (χ0v) is 11.3. The third kappa shape index (κ3) is 5.50. The molecule has 0 aliphatic heterocycles. The van der Waals surface area contributed by atoms with Gasteiger partial charge in [-0.25, -0.2) is 0 Å². The molecule has 94 valence electrons. The summed E-state index contributed by atoms with van der Waals surface area (Å²) in [5, 5.41) is 0. The lowest BCUT2D eigenvalue weighted by Gasteiger charge is -2.36. The molecule has 0 saturated carbocycles. The van der Waals surface area contributed by atoms with E-state index < -0.39 is 0 Å². The van der Waals surface area contributed by atoms with E-state index >= 15 is 0 Å². The van der Waals surface area contributed by atoms with E-state index in [0.29, 0.717) is 6.61 Å². The van der Waals surface area contributed by atoms with Crippen LogP contribution in [0.3, 0.4) is 0 Å². The second-order valence-electron chi connectivity index (χ2n) is 4.98. The average molecular weight is 226 g/mol. The van der Waals surface area contributed by atoms with Gasteiger partial charge >= 0.3 is 0 Å². The van der Waals surface area contributed by atoms with Gasteiger partial charge in [0.2, 0.25) is 0 Å². The maximum atomic E-state index is 5.80. The molecule has 0 heterocycles. The molecular weight excluding hydrogens is 200 g/mol. The number of hydrazine groups is 1. The summed E-state index contributed by atoms with van der Waals surface area (Å²) >= 11 is 0. The van der Waals surface area contributed by atoms with Crippen molar-refractivity contribution in [1.29, 1.82) is 0 Å². The summed E-state index contributed by atoms with van der Waals surface area (Å²) in [7, 11) is 0. The quantitative estimate of drug-likeness (QED) is 0.414. The minimum Gasteiger partial charge on any atom is -0.376 e. The van der Waals surface area contributed by atoms with Gasteiger partial charge < -0.3 is 4.74 Å². The number of nitrogens with one attached hydrogen (secondary N) is 1. The van der Waals surface area contributed by atoms with E-state index in [2.05, 4.69) is 38.0 Å². The zero-order chi connectivity index (χ0) is 12.6. The van der Waals surface area contributed by atoms with Crippen LogP contribution in [-0.2, 0) is 4.74 Å². The van der Waals surface area contributed by atoms with Gasteiger partial charge in [0.1, 0.15) is 0 Å². The van der Waals surface area contributed by atoms with Crippen molar-refractivity contribution in [2.24, 2.45) is 11.3 Å². The summed E-state index contributed by atoms with van der Waals surface area (Å²) in [5.74, 6) is 11.6. The maximum absolute atomic E-state index is 5.80. The van der Waals surface area contributed by atoms with Crippen molar-refractivity contribution in [1.82, 2.24) is 5.43 Å². The minimum atomic E-state index is 0.0761. The second-order valence-corrected chi connectivity index (χ2v) is 4.98. The number of ether oxygens (including phenoxy) is 1.